The van der Waals surface area contributed by atoms with Crippen molar-refractivity contribution < 1.29 is 14.7 Å². The van der Waals surface area contributed by atoms with E-state index in [4.69, 9.17) is 5.11 Å². The average molecular weight is 314 g/mol. The maximum absolute atomic E-state index is 12.2. The van der Waals surface area contributed by atoms with E-state index >= 15 is 0 Å². The van der Waals surface area contributed by atoms with Crippen molar-refractivity contribution in [2.24, 2.45) is 0 Å². The number of amides is 1. The molecule has 3 rings (SSSR count). The molecule has 1 aliphatic heterocycles. The van der Waals surface area contributed by atoms with Crippen LogP contribution in [0.2, 0.25) is 0 Å². The second-order valence-electron chi connectivity index (χ2n) is 5.00. The van der Waals surface area contributed by atoms with Gasteiger partial charge >= 0.3 is 5.97 Å². The Morgan fingerprint density at radius 1 is 1.04 bits per heavy atom. The van der Waals surface area contributed by atoms with Crippen molar-refractivity contribution in [3.63, 3.8) is 0 Å². The van der Waals surface area contributed by atoms with Gasteiger partial charge in [-0.1, -0.05) is 0 Å². The van der Waals surface area contributed by atoms with E-state index in [1.807, 2.05) is 0 Å². The predicted molar refractivity (Wildman–Crippen MR) is 80.4 cm³/mol. The number of hydrogen-bond acceptors (Lipinski definition) is 7. The molecule has 2 aromatic heterocycles. The highest BCUT2D eigenvalue weighted by Crippen LogP contribution is 2.25. The number of anilines is 2. The lowest BCUT2D eigenvalue weighted by Crippen LogP contribution is -2.23. The molecule has 1 amide bonds. The van der Waals surface area contributed by atoms with Gasteiger partial charge < -0.3 is 15.3 Å². The summed E-state index contributed by atoms with van der Waals surface area (Å²) in [5.41, 5.74) is 0.289. The number of carboxylic acid groups (broad SMARTS) is 1. The SMILES string of the molecule is O=C(O)c1cnc(C(=O)Nc2cncnc2N2CCCC2)cn1. The first kappa shape index (κ1) is 14.8. The molecule has 3 heterocycles. The first-order chi connectivity index (χ1) is 11.1. The summed E-state index contributed by atoms with van der Waals surface area (Å²) in [6.45, 7) is 1.76. The summed E-state index contributed by atoms with van der Waals surface area (Å²) in [6.07, 6.45) is 7.29. The molecule has 0 bridgehead atoms. The number of nitrogens with one attached hydrogen (secondary N) is 1. The van der Waals surface area contributed by atoms with E-state index in [9.17, 15) is 9.59 Å². The van der Waals surface area contributed by atoms with Crippen molar-refractivity contribution in [3.8, 4) is 0 Å². The number of rotatable bonds is 4. The molecule has 0 aromatic carbocycles. The fourth-order valence-electron chi connectivity index (χ4n) is 2.33. The fourth-order valence-corrected chi connectivity index (χ4v) is 2.33. The fraction of sp³-hybridized carbons (Fsp3) is 0.286. The van der Waals surface area contributed by atoms with Gasteiger partial charge in [0.1, 0.15) is 17.7 Å². The van der Waals surface area contributed by atoms with Gasteiger partial charge in [-0.05, 0) is 12.8 Å². The lowest BCUT2D eigenvalue weighted by molar-refractivity contribution is 0.0689. The minimum Gasteiger partial charge on any atom is -0.476 e. The summed E-state index contributed by atoms with van der Waals surface area (Å²) in [5.74, 6) is -1.03. The summed E-state index contributed by atoms with van der Waals surface area (Å²) < 4.78 is 0. The molecule has 0 spiro atoms. The highest BCUT2D eigenvalue weighted by atomic mass is 16.4. The summed E-state index contributed by atoms with van der Waals surface area (Å²) in [4.78, 5) is 40.7. The maximum atomic E-state index is 12.2. The Balaban J connectivity index is 1.78. The summed E-state index contributed by atoms with van der Waals surface area (Å²) in [7, 11) is 0. The van der Waals surface area contributed by atoms with Gasteiger partial charge in [0.25, 0.3) is 5.91 Å². The van der Waals surface area contributed by atoms with E-state index in [0.29, 0.717) is 11.5 Å². The van der Waals surface area contributed by atoms with Crippen LogP contribution in [0.25, 0.3) is 0 Å². The van der Waals surface area contributed by atoms with Gasteiger partial charge in [0.05, 0.1) is 18.6 Å². The van der Waals surface area contributed by atoms with Crippen LogP contribution < -0.4 is 10.2 Å². The first-order valence-electron chi connectivity index (χ1n) is 7.07. The monoisotopic (exact) mass is 314 g/mol. The number of carbonyl (C=O) groups is 2. The molecule has 0 atom stereocenters. The number of hydrogen-bond donors (Lipinski definition) is 2. The molecule has 0 saturated carbocycles. The quantitative estimate of drug-likeness (QED) is 0.850. The smallest absolute Gasteiger partial charge is 0.356 e. The van der Waals surface area contributed by atoms with Crippen LogP contribution >= 0.6 is 0 Å². The number of carboxylic acids is 1. The number of aromatic carboxylic acids is 1. The van der Waals surface area contributed by atoms with Crippen LogP contribution in [0.15, 0.2) is 24.9 Å². The van der Waals surface area contributed by atoms with Crippen molar-refractivity contribution >= 4 is 23.4 Å². The molecule has 9 heteroatoms. The van der Waals surface area contributed by atoms with Crippen LogP contribution in [0.3, 0.4) is 0 Å². The van der Waals surface area contributed by atoms with E-state index in [1.54, 1.807) is 0 Å². The van der Waals surface area contributed by atoms with E-state index in [0.717, 1.165) is 38.3 Å². The van der Waals surface area contributed by atoms with Gasteiger partial charge in [-0.15, -0.1) is 0 Å². The molecule has 1 aliphatic rings. The second kappa shape index (κ2) is 6.34. The molecule has 0 aliphatic carbocycles. The zero-order valence-electron chi connectivity index (χ0n) is 12.1. The van der Waals surface area contributed by atoms with Crippen LogP contribution in [0.1, 0.15) is 33.8 Å². The van der Waals surface area contributed by atoms with E-state index in [1.165, 1.54) is 12.5 Å². The van der Waals surface area contributed by atoms with Crippen LogP contribution in [-0.2, 0) is 0 Å². The minimum atomic E-state index is -1.20. The third-order valence-electron chi connectivity index (χ3n) is 3.45. The van der Waals surface area contributed by atoms with Gasteiger partial charge in [-0.3, -0.25) is 4.79 Å². The zero-order valence-corrected chi connectivity index (χ0v) is 12.1. The third-order valence-corrected chi connectivity index (χ3v) is 3.45. The standard InChI is InChI=1S/C14H14N6O3/c21-13(10-6-17-11(7-16-10)14(22)23)19-9-5-15-8-18-12(9)20-3-1-2-4-20/h5-8H,1-4H2,(H,19,21)(H,22,23). The van der Waals surface area contributed by atoms with Gasteiger partial charge in [0.2, 0.25) is 0 Å². The first-order valence-corrected chi connectivity index (χ1v) is 7.07. The molecule has 1 saturated heterocycles. The molecule has 23 heavy (non-hydrogen) atoms. The largest absolute Gasteiger partial charge is 0.476 e. The van der Waals surface area contributed by atoms with Crippen LogP contribution in [0.4, 0.5) is 11.5 Å². The third kappa shape index (κ3) is 3.23. The van der Waals surface area contributed by atoms with E-state index < -0.39 is 11.9 Å². The Morgan fingerprint density at radius 3 is 2.39 bits per heavy atom. The molecular weight excluding hydrogens is 300 g/mol. The van der Waals surface area contributed by atoms with Gasteiger partial charge in [0, 0.05) is 13.1 Å². The van der Waals surface area contributed by atoms with Gasteiger partial charge in [-0.25, -0.2) is 24.7 Å². The van der Waals surface area contributed by atoms with Crippen molar-refractivity contribution in [3.05, 3.63) is 36.3 Å². The average Bonchev–Trinajstić information content (AvgIpc) is 3.09. The Labute approximate surface area is 131 Å². The zero-order chi connectivity index (χ0) is 16.2. The Bertz CT molecular complexity index is 728. The summed E-state index contributed by atoms with van der Waals surface area (Å²) in [5, 5.41) is 11.5. The molecule has 2 N–H and O–H groups in total. The highest BCUT2D eigenvalue weighted by molar-refractivity contribution is 6.04. The van der Waals surface area contributed by atoms with Crippen molar-refractivity contribution in [2.45, 2.75) is 12.8 Å². The summed E-state index contributed by atoms with van der Waals surface area (Å²) in [6, 6.07) is 0. The maximum Gasteiger partial charge on any atom is 0.356 e. The molecule has 118 valence electrons. The summed E-state index contributed by atoms with van der Waals surface area (Å²) >= 11 is 0. The predicted octanol–water partition coefficient (Wildman–Crippen LogP) is 0.817. The molecular formula is C14H14N6O3. The van der Waals surface area contributed by atoms with E-state index in [2.05, 4.69) is 30.2 Å². The van der Waals surface area contributed by atoms with E-state index in [-0.39, 0.29) is 11.4 Å². The molecule has 0 radical (unpaired) electrons. The molecule has 9 nitrogen and oxygen atoms in total. The van der Waals surface area contributed by atoms with Crippen LogP contribution in [0, 0.1) is 0 Å². The lowest BCUT2D eigenvalue weighted by atomic mass is 10.3. The van der Waals surface area contributed by atoms with Crippen molar-refractivity contribution in [1.29, 1.82) is 0 Å². The Hall–Kier alpha value is -3.10. The van der Waals surface area contributed by atoms with Gasteiger partial charge in [0.15, 0.2) is 11.5 Å². The topological polar surface area (TPSA) is 121 Å². The number of aromatic nitrogens is 4. The lowest BCUT2D eigenvalue weighted by Gasteiger charge is -2.19. The number of nitrogens with zero attached hydrogens (tertiary/aromatic N) is 5. The minimum absolute atomic E-state index is 0.0197. The van der Waals surface area contributed by atoms with Crippen molar-refractivity contribution in [2.75, 3.05) is 23.3 Å². The second-order valence-corrected chi connectivity index (χ2v) is 5.00. The molecule has 2 aromatic rings. The van der Waals surface area contributed by atoms with Gasteiger partial charge in [-0.2, -0.15) is 0 Å². The van der Waals surface area contributed by atoms with Crippen LogP contribution in [0.5, 0.6) is 0 Å². The Kier molecular flexibility index (Phi) is 4.09. The normalized spacial score (nSPS) is 13.8. The van der Waals surface area contributed by atoms with Crippen molar-refractivity contribution in [1.82, 2.24) is 19.9 Å². The molecule has 1 fully saturated rings. The van der Waals surface area contributed by atoms with Crippen LogP contribution in [-0.4, -0.2) is 50.0 Å². The Morgan fingerprint density at radius 2 is 1.74 bits per heavy atom. The molecule has 0 unspecified atom stereocenters. The number of carbonyl (C=O) groups excluding carboxylic acids is 1. The highest BCUT2D eigenvalue weighted by Gasteiger charge is 2.19.